The SMILES string of the molecule is CNCCN(C)C(=O)c1cc(-c2ccc(C)o2)[nH]n1.Cl. The van der Waals surface area contributed by atoms with Crippen molar-refractivity contribution in [1.82, 2.24) is 20.4 Å². The molecule has 0 spiro atoms. The summed E-state index contributed by atoms with van der Waals surface area (Å²) >= 11 is 0. The molecule has 2 rings (SSSR count). The first kappa shape index (κ1) is 16.3. The summed E-state index contributed by atoms with van der Waals surface area (Å²) < 4.78 is 5.48. The highest BCUT2D eigenvalue weighted by molar-refractivity contribution is 5.93. The van der Waals surface area contributed by atoms with E-state index in [1.807, 2.05) is 26.1 Å². The number of rotatable bonds is 5. The summed E-state index contributed by atoms with van der Waals surface area (Å²) in [7, 11) is 3.61. The van der Waals surface area contributed by atoms with Crippen LogP contribution < -0.4 is 5.32 Å². The lowest BCUT2D eigenvalue weighted by Gasteiger charge is -2.14. The van der Waals surface area contributed by atoms with E-state index < -0.39 is 0 Å². The summed E-state index contributed by atoms with van der Waals surface area (Å²) in [4.78, 5) is 13.7. The molecule has 0 bridgehead atoms. The molecule has 1 amide bonds. The highest BCUT2D eigenvalue weighted by Gasteiger charge is 2.16. The van der Waals surface area contributed by atoms with Crippen molar-refractivity contribution in [2.45, 2.75) is 6.92 Å². The summed E-state index contributed by atoms with van der Waals surface area (Å²) in [6.07, 6.45) is 0. The predicted molar refractivity (Wildman–Crippen MR) is 79.2 cm³/mol. The van der Waals surface area contributed by atoms with Gasteiger partial charge in [0.2, 0.25) is 0 Å². The molecular formula is C13H19ClN4O2. The van der Waals surface area contributed by atoms with Crippen LogP contribution in [0, 0.1) is 6.92 Å². The topological polar surface area (TPSA) is 74.2 Å². The Bertz CT molecular complexity index is 564. The van der Waals surface area contributed by atoms with Crippen molar-refractivity contribution in [2.75, 3.05) is 27.2 Å². The van der Waals surface area contributed by atoms with Crippen molar-refractivity contribution in [2.24, 2.45) is 0 Å². The van der Waals surface area contributed by atoms with E-state index in [2.05, 4.69) is 15.5 Å². The second-order valence-electron chi connectivity index (χ2n) is 4.41. The van der Waals surface area contributed by atoms with Gasteiger partial charge in [0.25, 0.3) is 5.91 Å². The van der Waals surface area contributed by atoms with E-state index in [1.165, 1.54) is 0 Å². The molecule has 2 aromatic heterocycles. The number of aromatic nitrogens is 2. The first-order valence-corrected chi connectivity index (χ1v) is 6.14. The highest BCUT2D eigenvalue weighted by atomic mass is 35.5. The first-order valence-electron chi connectivity index (χ1n) is 6.14. The minimum absolute atomic E-state index is 0. The molecule has 0 radical (unpaired) electrons. The molecule has 2 aromatic rings. The largest absolute Gasteiger partial charge is 0.460 e. The van der Waals surface area contributed by atoms with E-state index in [0.717, 1.165) is 12.3 Å². The summed E-state index contributed by atoms with van der Waals surface area (Å²) in [5.74, 6) is 1.39. The molecule has 0 saturated carbocycles. The van der Waals surface area contributed by atoms with Gasteiger partial charge in [-0.05, 0) is 26.1 Å². The number of likely N-dealkylation sites (N-methyl/N-ethyl adjacent to an activating group) is 2. The quantitative estimate of drug-likeness (QED) is 0.881. The summed E-state index contributed by atoms with van der Waals surface area (Å²) in [5.41, 5.74) is 1.10. The molecule has 0 unspecified atom stereocenters. The number of hydrogen-bond acceptors (Lipinski definition) is 4. The second-order valence-corrected chi connectivity index (χ2v) is 4.41. The Labute approximate surface area is 123 Å². The van der Waals surface area contributed by atoms with E-state index in [0.29, 0.717) is 23.7 Å². The molecule has 7 heteroatoms. The molecule has 0 aliphatic carbocycles. The van der Waals surface area contributed by atoms with Crippen LogP contribution in [-0.2, 0) is 0 Å². The molecule has 20 heavy (non-hydrogen) atoms. The van der Waals surface area contributed by atoms with Gasteiger partial charge in [0.05, 0.1) is 0 Å². The fourth-order valence-electron chi connectivity index (χ4n) is 1.71. The average Bonchev–Trinajstić information content (AvgIpc) is 3.03. The third-order valence-corrected chi connectivity index (χ3v) is 2.85. The fraction of sp³-hybridized carbons (Fsp3) is 0.385. The van der Waals surface area contributed by atoms with Crippen LogP contribution in [0.25, 0.3) is 11.5 Å². The molecule has 0 aliphatic heterocycles. The van der Waals surface area contributed by atoms with Gasteiger partial charge in [0.1, 0.15) is 11.5 Å². The molecular weight excluding hydrogens is 280 g/mol. The molecule has 2 N–H and O–H groups in total. The number of H-pyrrole nitrogens is 1. The van der Waals surface area contributed by atoms with Crippen LogP contribution >= 0.6 is 12.4 Å². The number of nitrogens with one attached hydrogen (secondary N) is 2. The minimum atomic E-state index is -0.110. The van der Waals surface area contributed by atoms with Crippen molar-refractivity contribution >= 4 is 18.3 Å². The van der Waals surface area contributed by atoms with E-state index in [1.54, 1.807) is 18.0 Å². The highest BCUT2D eigenvalue weighted by Crippen LogP contribution is 2.20. The maximum Gasteiger partial charge on any atom is 0.274 e. The van der Waals surface area contributed by atoms with Crippen molar-refractivity contribution in [3.05, 3.63) is 29.7 Å². The van der Waals surface area contributed by atoms with E-state index in [4.69, 9.17) is 4.42 Å². The van der Waals surface area contributed by atoms with Gasteiger partial charge in [-0.25, -0.2) is 0 Å². The van der Waals surface area contributed by atoms with Gasteiger partial charge in [-0.15, -0.1) is 12.4 Å². The lowest BCUT2D eigenvalue weighted by molar-refractivity contribution is 0.0791. The molecule has 6 nitrogen and oxygen atoms in total. The number of amides is 1. The lowest BCUT2D eigenvalue weighted by Crippen LogP contribution is -2.32. The number of carbonyl (C=O) groups excluding carboxylic acids is 1. The van der Waals surface area contributed by atoms with E-state index in [-0.39, 0.29) is 18.3 Å². The van der Waals surface area contributed by atoms with Gasteiger partial charge in [-0.2, -0.15) is 5.10 Å². The maximum absolute atomic E-state index is 12.1. The number of hydrogen-bond donors (Lipinski definition) is 2. The zero-order chi connectivity index (χ0) is 13.8. The number of nitrogens with zero attached hydrogens (tertiary/aromatic N) is 2. The molecule has 0 aliphatic rings. The summed E-state index contributed by atoms with van der Waals surface area (Å²) in [6.45, 7) is 3.26. The normalized spacial score (nSPS) is 10.2. The summed E-state index contributed by atoms with van der Waals surface area (Å²) in [5, 5.41) is 9.86. The van der Waals surface area contributed by atoms with Gasteiger partial charge in [0, 0.05) is 26.2 Å². The molecule has 0 aromatic carbocycles. The summed E-state index contributed by atoms with van der Waals surface area (Å²) in [6, 6.07) is 5.43. The Kier molecular flexibility index (Phi) is 5.79. The molecule has 0 atom stereocenters. The van der Waals surface area contributed by atoms with Crippen LogP contribution in [-0.4, -0.2) is 48.2 Å². The Hall–Kier alpha value is -1.79. The van der Waals surface area contributed by atoms with Crippen LogP contribution in [0.1, 0.15) is 16.2 Å². The van der Waals surface area contributed by atoms with Crippen LogP contribution in [0.5, 0.6) is 0 Å². The standard InChI is InChI=1S/C13H18N4O2.ClH/c1-9-4-5-12(19-9)10-8-11(16-15-10)13(18)17(3)7-6-14-2;/h4-5,8,14H,6-7H2,1-3H3,(H,15,16);1H. The Morgan fingerprint density at radius 3 is 2.85 bits per heavy atom. The zero-order valence-corrected chi connectivity index (χ0v) is 12.6. The van der Waals surface area contributed by atoms with E-state index in [9.17, 15) is 4.79 Å². The Balaban J connectivity index is 0.00000200. The van der Waals surface area contributed by atoms with Gasteiger partial charge in [0.15, 0.2) is 11.5 Å². The fourth-order valence-corrected chi connectivity index (χ4v) is 1.71. The number of furan rings is 1. The van der Waals surface area contributed by atoms with Crippen molar-refractivity contribution in [3.63, 3.8) is 0 Å². The molecule has 0 fully saturated rings. The van der Waals surface area contributed by atoms with Gasteiger partial charge in [-0.1, -0.05) is 0 Å². The second kappa shape index (κ2) is 7.12. The smallest absolute Gasteiger partial charge is 0.274 e. The number of aromatic amines is 1. The van der Waals surface area contributed by atoms with Gasteiger partial charge >= 0.3 is 0 Å². The van der Waals surface area contributed by atoms with E-state index >= 15 is 0 Å². The van der Waals surface area contributed by atoms with Gasteiger partial charge < -0.3 is 14.6 Å². The number of halogens is 1. The zero-order valence-electron chi connectivity index (χ0n) is 11.8. The monoisotopic (exact) mass is 298 g/mol. The lowest BCUT2D eigenvalue weighted by atomic mass is 10.3. The average molecular weight is 299 g/mol. The van der Waals surface area contributed by atoms with Crippen molar-refractivity contribution < 1.29 is 9.21 Å². The molecule has 110 valence electrons. The minimum Gasteiger partial charge on any atom is -0.460 e. The number of aryl methyl sites for hydroxylation is 1. The van der Waals surface area contributed by atoms with Crippen LogP contribution in [0.3, 0.4) is 0 Å². The van der Waals surface area contributed by atoms with Crippen LogP contribution in [0.15, 0.2) is 22.6 Å². The van der Waals surface area contributed by atoms with Crippen LogP contribution in [0.4, 0.5) is 0 Å². The Morgan fingerprint density at radius 1 is 1.50 bits per heavy atom. The van der Waals surface area contributed by atoms with Crippen molar-refractivity contribution in [3.8, 4) is 11.5 Å². The maximum atomic E-state index is 12.1. The molecule has 2 heterocycles. The first-order chi connectivity index (χ1) is 9.11. The van der Waals surface area contributed by atoms with Crippen molar-refractivity contribution in [1.29, 1.82) is 0 Å². The molecule has 0 saturated heterocycles. The van der Waals surface area contributed by atoms with Gasteiger partial charge in [-0.3, -0.25) is 9.89 Å². The number of carbonyl (C=O) groups is 1. The third-order valence-electron chi connectivity index (χ3n) is 2.85. The predicted octanol–water partition coefficient (Wildman–Crippen LogP) is 1.69. The Morgan fingerprint density at radius 2 is 2.25 bits per heavy atom. The van der Waals surface area contributed by atoms with Crippen LogP contribution in [0.2, 0.25) is 0 Å². The third kappa shape index (κ3) is 3.61.